The molecule has 1 rings (SSSR count). The van der Waals surface area contributed by atoms with Crippen LogP contribution < -0.4 is 10.5 Å². The number of rotatable bonds is 9. The van der Waals surface area contributed by atoms with Crippen molar-refractivity contribution < 1.29 is 12.8 Å². The van der Waals surface area contributed by atoms with Gasteiger partial charge in [0.25, 0.3) is 0 Å². The van der Waals surface area contributed by atoms with Crippen molar-refractivity contribution >= 4 is 15.7 Å². The Kier molecular flexibility index (Phi) is 7.11. The summed E-state index contributed by atoms with van der Waals surface area (Å²) in [6.07, 6.45) is 5.16. The molecule has 0 aliphatic rings. The quantitative estimate of drug-likeness (QED) is 0.542. The van der Waals surface area contributed by atoms with Gasteiger partial charge in [0.1, 0.15) is 10.7 Å². The number of nitrogens with one attached hydrogen (secondary N) is 1. The molecule has 21 heavy (non-hydrogen) atoms. The number of anilines is 1. The lowest BCUT2D eigenvalue weighted by Crippen LogP contribution is -2.25. The smallest absolute Gasteiger partial charge is 0.243 e. The van der Waals surface area contributed by atoms with Crippen LogP contribution in [0.3, 0.4) is 0 Å². The van der Waals surface area contributed by atoms with Crippen LogP contribution in [0.2, 0.25) is 0 Å². The number of halogens is 1. The van der Waals surface area contributed by atoms with Crippen LogP contribution in [0.15, 0.2) is 23.1 Å². The zero-order chi connectivity index (χ0) is 15.9. The normalized spacial score (nSPS) is 12.0. The van der Waals surface area contributed by atoms with Crippen LogP contribution in [-0.2, 0) is 10.0 Å². The number of nitrogens with two attached hydrogens (primary N) is 1. The molecule has 4 nitrogen and oxygen atoms in total. The zero-order valence-corrected chi connectivity index (χ0v) is 13.5. The fraction of sp³-hybridized carbons (Fsp3) is 0.600. The second kappa shape index (κ2) is 8.34. The lowest BCUT2D eigenvalue weighted by Gasteiger charge is -2.08. The highest BCUT2D eigenvalue weighted by Crippen LogP contribution is 2.17. The van der Waals surface area contributed by atoms with E-state index in [0.29, 0.717) is 12.5 Å². The van der Waals surface area contributed by atoms with Crippen LogP contribution in [0, 0.1) is 11.7 Å². The van der Waals surface area contributed by atoms with Crippen molar-refractivity contribution in [2.24, 2.45) is 5.92 Å². The molecule has 1 aromatic carbocycles. The molecule has 0 aliphatic heterocycles. The average molecular weight is 316 g/mol. The standard InChI is InChI=1S/C15H25FN2O2S/c1-12(2)7-5-3-4-6-10-18-21(19,20)15-11-13(17)8-9-14(15)16/h8-9,11-12,18H,3-7,10,17H2,1-2H3. The summed E-state index contributed by atoms with van der Waals surface area (Å²) in [6, 6.07) is 3.54. The maximum atomic E-state index is 13.5. The number of hydrogen-bond acceptors (Lipinski definition) is 3. The van der Waals surface area contributed by atoms with Gasteiger partial charge in [0.2, 0.25) is 10.0 Å². The second-order valence-corrected chi connectivity index (χ2v) is 7.42. The van der Waals surface area contributed by atoms with Gasteiger partial charge in [0.15, 0.2) is 0 Å². The lowest BCUT2D eigenvalue weighted by molar-refractivity contribution is 0.516. The fourth-order valence-corrected chi connectivity index (χ4v) is 3.23. The molecule has 0 saturated heterocycles. The van der Waals surface area contributed by atoms with E-state index < -0.39 is 15.8 Å². The van der Waals surface area contributed by atoms with Gasteiger partial charge in [-0.1, -0.05) is 39.5 Å². The molecule has 0 aromatic heterocycles. The summed E-state index contributed by atoms with van der Waals surface area (Å²) >= 11 is 0. The molecule has 0 radical (unpaired) electrons. The van der Waals surface area contributed by atoms with Crippen LogP contribution in [0.4, 0.5) is 10.1 Å². The summed E-state index contributed by atoms with van der Waals surface area (Å²) in [5, 5.41) is 0. The largest absolute Gasteiger partial charge is 0.399 e. The van der Waals surface area contributed by atoms with E-state index in [1.165, 1.54) is 12.5 Å². The van der Waals surface area contributed by atoms with Gasteiger partial charge in [-0.3, -0.25) is 0 Å². The maximum absolute atomic E-state index is 13.5. The topological polar surface area (TPSA) is 72.2 Å². The average Bonchev–Trinajstić information content (AvgIpc) is 2.40. The molecule has 6 heteroatoms. The van der Waals surface area contributed by atoms with E-state index in [1.807, 2.05) is 0 Å². The van der Waals surface area contributed by atoms with Crippen molar-refractivity contribution in [1.82, 2.24) is 4.72 Å². The Labute approximate surface area is 127 Å². The third-order valence-electron chi connectivity index (χ3n) is 3.25. The summed E-state index contributed by atoms with van der Waals surface area (Å²) in [5.41, 5.74) is 5.73. The van der Waals surface area contributed by atoms with Gasteiger partial charge in [-0.25, -0.2) is 17.5 Å². The third-order valence-corrected chi connectivity index (χ3v) is 4.72. The zero-order valence-electron chi connectivity index (χ0n) is 12.7. The third kappa shape index (κ3) is 6.44. The van der Waals surface area contributed by atoms with Gasteiger partial charge >= 0.3 is 0 Å². The van der Waals surface area contributed by atoms with E-state index in [-0.39, 0.29) is 10.6 Å². The van der Waals surface area contributed by atoms with Crippen molar-refractivity contribution in [2.75, 3.05) is 12.3 Å². The molecule has 0 bridgehead atoms. The highest BCUT2D eigenvalue weighted by Gasteiger charge is 2.18. The van der Waals surface area contributed by atoms with E-state index in [1.54, 1.807) is 0 Å². The Bertz CT molecular complexity index is 545. The van der Waals surface area contributed by atoms with Crippen molar-refractivity contribution in [2.45, 2.75) is 50.8 Å². The van der Waals surface area contributed by atoms with Gasteiger partial charge in [-0.05, 0) is 30.5 Å². The van der Waals surface area contributed by atoms with E-state index in [4.69, 9.17) is 5.73 Å². The van der Waals surface area contributed by atoms with Gasteiger partial charge in [-0.2, -0.15) is 0 Å². The minimum Gasteiger partial charge on any atom is -0.399 e. The molecule has 0 spiro atoms. The van der Waals surface area contributed by atoms with E-state index in [2.05, 4.69) is 18.6 Å². The second-order valence-electron chi connectivity index (χ2n) is 5.68. The number of nitrogen functional groups attached to an aromatic ring is 1. The monoisotopic (exact) mass is 316 g/mol. The predicted molar refractivity (Wildman–Crippen MR) is 83.9 cm³/mol. The number of benzene rings is 1. The molecule has 0 aliphatic carbocycles. The molecule has 0 saturated carbocycles. The van der Waals surface area contributed by atoms with Crippen molar-refractivity contribution in [3.63, 3.8) is 0 Å². The highest BCUT2D eigenvalue weighted by molar-refractivity contribution is 7.89. The number of unbranched alkanes of at least 4 members (excludes halogenated alkanes) is 3. The Morgan fingerprint density at radius 1 is 1.19 bits per heavy atom. The van der Waals surface area contributed by atoms with Crippen molar-refractivity contribution in [3.05, 3.63) is 24.0 Å². The molecule has 0 heterocycles. The van der Waals surface area contributed by atoms with Crippen LogP contribution in [0.1, 0.15) is 46.0 Å². The Morgan fingerprint density at radius 3 is 2.52 bits per heavy atom. The van der Waals surface area contributed by atoms with E-state index in [0.717, 1.165) is 37.8 Å². The summed E-state index contributed by atoms with van der Waals surface area (Å²) in [6.45, 7) is 4.70. The van der Waals surface area contributed by atoms with Crippen LogP contribution in [-0.4, -0.2) is 15.0 Å². The van der Waals surface area contributed by atoms with Crippen molar-refractivity contribution in [1.29, 1.82) is 0 Å². The summed E-state index contributed by atoms with van der Waals surface area (Å²) in [5.74, 6) is -0.0800. The molecule has 0 fully saturated rings. The van der Waals surface area contributed by atoms with Crippen LogP contribution in [0.5, 0.6) is 0 Å². The Balaban J connectivity index is 2.38. The first-order chi connectivity index (χ1) is 9.83. The summed E-state index contributed by atoms with van der Waals surface area (Å²) in [4.78, 5) is -0.387. The Morgan fingerprint density at radius 2 is 1.86 bits per heavy atom. The first-order valence-corrected chi connectivity index (χ1v) is 8.86. The molecule has 0 amide bonds. The molecule has 120 valence electrons. The molecule has 1 aromatic rings. The fourth-order valence-electron chi connectivity index (χ4n) is 2.04. The van der Waals surface area contributed by atoms with Gasteiger partial charge in [-0.15, -0.1) is 0 Å². The van der Waals surface area contributed by atoms with Gasteiger partial charge in [0, 0.05) is 12.2 Å². The maximum Gasteiger partial charge on any atom is 0.243 e. The number of sulfonamides is 1. The minimum absolute atomic E-state index is 0.227. The van der Waals surface area contributed by atoms with Gasteiger partial charge < -0.3 is 5.73 Å². The molecular formula is C15H25FN2O2S. The summed E-state index contributed by atoms with van der Waals surface area (Å²) in [7, 11) is -3.82. The Hall–Kier alpha value is -1.14. The van der Waals surface area contributed by atoms with E-state index >= 15 is 0 Å². The molecule has 3 N–H and O–H groups in total. The first-order valence-electron chi connectivity index (χ1n) is 7.37. The van der Waals surface area contributed by atoms with Gasteiger partial charge in [0.05, 0.1) is 0 Å². The molecule has 0 atom stereocenters. The van der Waals surface area contributed by atoms with Crippen LogP contribution >= 0.6 is 0 Å². The van der Waals surface area contributed by atoms with Crippen LogP contribution in [0.25, 0.3) is 0 Å². The molecule has 0 unspecified atom stereocenters. The highest BCUT2D eigenvalue weighted by atomic mass is 32.2. The van der Waals surface area contributed by atoms with Crippen molar-refractivity contribution in [3.8, 4) is 0 Å². The lowest BCUT2D eigenvalue weighted by atomic mass is 10.0. The summed E-state index contributed by atoms with van der Waals surface area (Å²) < 4.78 is 39.9. The van der Waals surface area contributed by atoms with E-state index in [9.17, 15) is 12.8 Å². The first kappa shape index (κ1) is 17.9. The SMILES string of the molecule is CC(C)CCCCCCNS(=O)(=O)c1cc(N)ccc1F. The minimum atomic E-state index is -3.82. The predicted octanol–water partition coefficient (Wildman–Crippen LogP) is 3.29. The molecular weight excluding hydrogens is 291 g/mol. The number of hydrogen-bond donors (Lipinski definition) is 2.